The molecule has 0 radical (unpaired) electrons. The van der Waals surface area contributed by atoms with Crippen molar-refractivity contribution in [2.45, 2.75) is 51.8 Å². The average molecular weight is 345 g/mol. The number of carbonyl (C=O) groups excluding carboxylic acids is 1. The second-order valence-electron chi connectivity index (χ2n) is 6.84. The lowest BCUT2D eigenvalue weighted by Crippen LogP contribution is -2.49. The number of methoxy groups -OCH3 is 1. The molecule has 2 N–H and O–H groups in total. The van der Waals surface area contributed by atoms with Gasteiger partial charge in [-0.2, -0.15) is 0 Å². The van der Waals surface area contributed by atoms with Gasteiger partial charge in [0, 0.05) is 18.2 Å². The van der Waals surface area contributed by atoms with Gasteiger partial charge in [-0.1, -0.05) is 19.3 Å². The molecule has 1 unspecified atom stereocenters. The van der Waals surface area contributed by atoms with E-state index in [1.807, 2.05) is 6.92 Å². The molecule has 0 spiro atoms. The summed E-state index contributed by atoms with van der Waals surface area (Å²) in [6, 6.07) is 2.06. The molecule has 1 saturated carbocycles. The second-order valence-corrected chi connectivity index (χ2v) is 7.83. The first-order chi connectivity index (χ1) is 11.7. The van der Waals surface area contributed by atoms with Crippen molar-refractivity contribution >= 4 is 33.1 Å². The lowest BCUT2D eigenvalue weighted by atomic mass is 9.86. The quantitative estimate of drug-likeness (QED) is 0.888. The average Bonchev–Trinajstić information content (AvgIpc) is 2.95. The van der Waals surface area contributed by atoms with E-state index >= 15 is 0 Å². The third kappa shape index (κ3) is 2.67. The predicted octanol–water partition coefficient (Wildman–Crippen LogP) is 3.81. The van der Waals surface area contributed by atoms with Gasteiger partial charge in [0.1, 0.15) is 15.9 Å². The molecule has 6 heteroatoms. The van der Waals surface area contributed by atoms with Crippen molar-refractivity contribution in [2.75, 3.05) is 12.4 Å². The van der Waals surface area contributed by atoms with Crippen LogP contribution in [-0.4, -0.2) is 24.2 Å². The van der Waals surface area contributed by atoms with Gasteiger partial charge >= 0.3 is 0 Å². The largest absolute Gasteiger partial charge is 0.380 e. The lowest BCUT2D eigenvalue weighted by molar-refractivity contribution is 0.0918. The summed E-state index contributed by atoms with van der Waals surface area (Å²) in [5, 5.41) is 7.85. The standard InChI is InChI=1S/C18H23N3O2S/c1-10-8-12(9-23-2)13-14-15(24-18(13)19-10)17(22)21-16(20-14)11-6-4-3-5-7-11/h8,11,16,20H,3-7,9H2,1-2H3,(H,21,22). The molecule has 2 aliphatic rings. The maximum atomic E-state index is 12.7. The fraction of sp³-hybridized carbons (Fsp3) is 0.556. The third-order valence-corrected chi connectivity index (χ3v) is 6.17. The van der Waals surface area contributed by atoms with Crippen LogP contribution in [0.15, 0.2) is 6.07 Å². The molecule has 0 saturated heterocycles. The van der Waals surface area contributed by atoms with E-state index in [0.29, 0.717) is 12.5 Å². The van der Waals surface area contributed by atoms with Crippen LogP contribution in [0.25, 0.3) is 10.2 Å². The summed E-state index contributed by atoms with van der Waals surface area (Å²) < 4.78 is 5.37. The van der Waals surface area contributed by atoms with E-state index < -0.39 is 0 Å². The Balaban J connectivity index is 1.77. The molecule has 128 valence electrons. The van der Waals surface area contributed by atoms with Crippen LogP contribution in [-0.2, 0) is 11.3 Å². The highest BCUT2D eigenvalue weighted by Gasteiger charge is 2.33. The highest BCUT2D eigenvalue weighted by Crippen LogP contribution is 2.41. The summed E-state index contributed by atoms with van der Waals surface area (Å²) in [4.78, 5) is 19.0. The molecule has 1 atom stereocenters. The van der Waals surface area contributed by atoms with Gasteiger partial charge in [-0.15, -0.1) is 11.3 Å². The number of thiophene rings is 1. The minimum absolute atomic E-state index is 0.0276. The number of amides is 1. The molecule has 1 fully saturated rings. The number of aromatic nitrogens is 1. The van der Waals surface area contributed by atoms with E-state index in [-0.39, 0.29) is 12.1 Å². The van der Waals surface area contributed by atoms with Crippen molar-refractivity contribution < 1.29 is 9.53 Å². The summed E-state index contributed by atoms with van der Waals surface area (Å²) in [6.45, 7) is 2.51. The Bertz CT molecular complexity index is 780. The number of rotatable bonds is 3. The molecule has 1 amide bonds. The molecule has 1 aliphatic heterocycles. The van der Waals surface area contributed by atoms with Crippen molar-refractivity contribution in [1.82, 2.24) is 10.3 Å². The number of nitrogens with zero attached hydrogens (tertiary/aromatic N) is 1. The highest BCUT2D eigenvalue weighted by atomic mass is 32.1. The van der Waals surface area contributed by atoms with Gasteiger partial charge in [-0.3, -0.25) is 4.79 Å². The highest BCUT2D eigenvalue weighted by molar-refractivity contribution is 7.21. The minimum Gasteiger partial charge on any atom is -0.380 e. The SMILES string of the molecule is COCc1cc(C)nc2sc3c(c12)NC(C1CCCCC1)NC3=O. The van der Waals surface area contributed by atoms with Crippen molar-refractivity contribution in [3.8, 4) is 0 Å². The van der Waals surface area contributed by atoms with Crippen LogP contribution in [0.1, 0.15) is 53.0 Å². The number of hydrogen-bond donors (Lipinski definition) is 2. The zero-order valence-electron chi connectivity index (χ0n) is 14.1. The molecular weight excluding hydrogens is 322 g/mol. The van der Waals surface area contributed by atoms with Crippen molar-refractivity contribution in [2.24, 2.45) is 5.92 Å². The van der Waals surface area contributed by atoms with E-state index in [1.165, 1.54) is 43.4 Å². The first-order valence-corrected chi connectivity index (χ1v) is 9.48. The molecule has 1 aliphatic carbocycles. The van der Waals surface area contributed by atoms with E-state index in [1.54, 1.807) is 7.11 Å². The summed E-state index contributed by atoms with van der Waals surface area (Å²) in [7, 11) is 1.70. The maximum Gasteiger partial charge on any atom is 0.265 e. The number of pyridine rings is 1. The summed E-state index contributed by atoms with van der Waals surface area (Å²) in [6.07, 6.45) is 6.21. The fourth-order valence-electron chi connectivity index (χ4n) is 3.98. The van der Waals surface area contributed by atoms with Gasteiger partial charge in [-0.05, 0) is 37.3 Å². The van der Waals surface area contributed by atoms with E-state index in [2.05, 4.69) is 21.7 Å². The Hall–Kier alpha value is -1.66. The Labute approximate surface area is 145 Å². The smallest absolute Gasteiger partial charge is 0.265 e. The molecule has 4 rings (SSSR count). The van der Waals surface area contributed by atoms with Gasteiger partial charge in [0.05, 0.1) is 12.3 Å². The predicted molar refractivity (Wildman–Crippen MR) is 96.5 cm³/mol. The van der Waals surface area contributed by atoms with E-state index in [0.717, 1.165) is 32.0 Å². The van der Waals surface area contributed by atoms with Crippen LogP contribution in [0.5, 0.6) is 0 Å². The van der Waals surface area contributed by atoms with Crippen LogP contribution in [0, 0.1) is 12.8 Å². The van der Waals surface area contributed by atoms with Crippen LogP contribution < -0.4 is 10.6 Å². The van der Waals surface area contributed by atoms with Gasteiger partial charge in [0.15, 0.2) is 0 Å². The Morgan fingerprint density at radius 1 is 1.29 bits per heavy atom. The van der Waals surface area contributed by atoms with Gasteiger partial charge in [0.25, 0.3) is 5.91 Å². The van der Waals surface area contributed by atoms with Gasteiger partial charge in [0.2, 0.25) is 0 Å². The number of nitrogens with one attached hydrogen (secondary N) is 2. The third-order valence-electron chi connectivity index (χ3n) is 5.09. The molecule has 24 heavy (non-hydrogen) atoms. The monoisotopic (exact) mass is 345 g/mol. The number of fused-ring (bicyclic) bond motifs is 3. The number of anilines is 1. The molecular formula is C18H23N3O2S. The number of aryl methyl sites for hydroxylation is 1. The molecule has 0 aromatic carbocycles. The first kappa shape index (κ1) is 15.8. The Kier molecular flexibility index (Phi) is 4.18. The molecule has 2 aromatic heterocycles. The Morgan fingerprint density at radius 2 is 2.08 bits per heavy atom. The van der Waals surface area contributed by atoms with Crippen LogP contribution >= 0.6 is 11.3 Å². The number of ether oxygens (including phenoxy) is 1. The second kappa shape index (κ2) is 6.33. The molecule has 2 aromatic rings. The van der Waals surface area contributed by atoms with Gasteiger partial charge < -0.3 is 15.4 Å². The van der Waals surface area contributed by atoms with Crippen molar-refractivity contribution in [3.63, 3.8) is 0 Å². The lowest BCUT2D eigenvalue weighted by Gasteiger charge is -2.34. The van der Waals surface area contributed by atoms with Gasteiger partial charge in [-0.25, -0.2) is 4.98 Å². The van der Waals surface area contributed by atoms with Crippen molar-refractivity contribution in [3.05, 3.63) is 22.2 Å². The maximum absolute atomic E-state index is 12.7. The normalized spacial score (nSPS) is 21.4. The summed E-state index contributed by atoms with van der Waals surface area (Å²) >= 11 is 1.47. The number of carbonyl (C=O) groups is 1. The Morgan fingerprint density at radius 3 is 2.83 bits per heavy atom. The van der Waals surface area contributed by atoms with E-state index in [9.17, 15) is 4.79 Å². The topological polar surface area (TPSA) is 63.2 Å². The zero-order valence-corrected chi connectivity index (χ0v) is 15.0. The van der Waals surface area contributed by atoms with Crippen LogP contribution in [0.3, 0.4) is 0 Å². The van der Waals surface area contributed by atoms with Crippen LogP contribution in [0.4, 0.5) is 5.69 Å². The summed E-state index contributed by atoms with van der Waals surface area (Å²) in [5.74, 6) is 0.540. The summed E-state index contributed by atoms with van der Waals surface area (Å²) in [5.41, 5.74) is 3.01. The first-order valence-electron chi connectivity index (χ1n) is 8.66. The molecule has 5 nitrogen and oxygen atoms in total. The van der Waals surface area contributed by atoms with E-state index in [4.69, 9.17) is 4.74 Å². The fourth-order valence-corrected chi connectivity index (χ4v) is 5.11. The number of hydrogen-bond acceptors (Lipinski definition) is 5. The molecule has 3 heterocycles. The zero-order chi connectivity index (χ0) is 16.7. The van der Waals surface area contributed by atoms with Crippen LogP contribution in [0.2, 0.25) is 0 Å². The minimum atomic E-state index is 0.0276. The molecule has 0 bridgehead atoms. The van der Waals surface area contributed by atoms with Crippen molar-refractivity contribution in [1.29, 1.82) is 0 Å².